The van der Waals surface area contributed by atoms with Crippen LogP contribution in [0.4, 0.5) is 11.5 Å². The van der Waals surface area contributed by atoms with Gasteiger partial charge in [0.15, 0.2) is 0 Å². The number of rotatable bonds is 2. The molecular formula is C10H7N7O2. The smallest absolute Gasteiger partial charge is 0.355 e. The van der Waals surface area contributed by atoms with Crippen molar-refractivity contribution < 1.29 is 4.92 Å². The minimum absolute atomic E-state index is 0.00815. The lowest BCUT2D eigenvalue weighted by Crippen LogP contribution is -2.08. The second-order valence-corrected chi connectivity index (χ2v) is 3.68. The van der Waals surface area contributed by atoms with Crippen LogP contribution in [0.1, 0.15) is 0 Å². The molecule has 0 saturated carbocycles. The fourth-order valence-electron chi connectivity index (χ4n) is 1.74. The number of fused-ring (bicyclic) bond motifs is 1. The van der Waals surface area contributed by atoms with E-state index < -0.39 is 10.6 Å². The second kappa shape index (κ2) is 3.98. The molecule has 1 aromatic carbocycles. The Balaban J connectivity index is 2.33. The predicted molar refractivity (Wildman–Crippen MR) is 65.5 cm³/mol. The summed E-state index contributed by atoms with van der Waals surface area (Å²) in [7, 11) is 0. The van der Waals surface area contributed by atoms with Crippen molar-refractivity contribution in [3.63, 3.8) is 0 Å². The van der Waals surface area contributed by atoms with Crippen molar-refractivity contribution in [2.24, 2.45) is 0 Å². The third-order valence-electron chi connectivity index (χ3n) is 2.57. The zero-order valence-corrected chi connectivity index (χ0v) is 9.46. The van der Waals surface area contributed by atoms with E-state index in [2.05, 4.69) is 20.3 Å². The fourth-order valence-corrected chi connectivity index (χ4v) is 1.74. The van der Waals surface area contributed by atoms with Crippen molar-refractivity contribution in [3.8, 4) is 5.82 Å². The summed E-state index contributed by atoms with van der Waals surface area (Å²) in [5.74, 6) is -0.221. The lowest BCUT2D eigenvalue weighted by molar-refractivity contribution is -0.384. The SMILES string of the molecule is Nc1ncnc(-n2nnc3ccccc32)c1[N+](=O)[O-]. The maximum absolute atomic E-state index is 11.1. The van der Waals surface area contributed by atoms with Gasteiger partial charge in [-0.25, -0.2) is 9.97 Å². The first-order valence-corrected chi connectivity index (χ1v) is 5.24. The summed E-state index contributed by atoms with van der Waals surface area (Å²) in [6.07, 6.45) is 1.15. The number of hydrogen-bond acceptors (Lipinski definition) is 7. The Bertz CT molecular complexity index is 782. The van der Waals surface area contributed by atoms with Gasteiger partial charge in [-0.3, -0.25) is 10.1 Å². The van der Waals surface area contributed by atoms with Gasteiger partial charge in [0.25, 0.3) is 0 Å². The van der Waals surface area contributed by atoms with Crippen LogP contribution in [0.25, 0.3) is 16.9 Å². The van der Waals surface area contributed by atoms with Crippen molar-refractivity contribution >= 4 is 22.5 Å². The van der Waals surface area contributed by atoms with Gasteiger partial charge in [-0.2, -0.15) is 4.68 Å². The standard InChI is InChI=1S/C10H7N7O2/c11-9-8(17(18)19)10(13-5-12-9)16-7-4-2-1-3-6(7)14-15-16/h1-5H,(H2,11,12,13). The molecule has 0 atom stereocenters. The Labute approximate surface area is 105 Å². The molecule has 2 N–H and O–H groups in total. The van der Waals surface area contributed by atoms with Gasteiger partial charge in [-0.1, -0.05) is 17.3 Å². The third-order valence-corrected chi connectivity index (χ3v) is 2.57. The summed E-state index contributed by atoms with van der Waals surface area (Å²) in [4.78, 5) is 17.9. The molecule has 0 bridgehead atoms. The zero-order valence-electron chi connectivity index (χ0n) is 9.46. The topological polar surface area (TPSA) is 126 Å². The molecule has 2 aromatic heterocycles. The molecule has 0 radical (unpaired) electrons. The van der Waals surface area contributed by atoms with Crippen molar-refractivity contribution in [1.82, 2.24) is 25.0 Å². The van der Waals surface area contributed by atoms with Crippen LogP contribution in [0.3, 0.4) is 0 Å². The summed E-state index contributed by atoms with van der Waals surface area (Å²) >= 11 is 0. The van der Waals surface area contributed by atoms with Gasteiger partial charge < -0.3 is 5.73 Å². The number of para-hydroxylation sites is 1. The van der Waals surface area contributed by atoms with Gasteiger partial charge in [0, 0.05) is 0 Å². The zero-order chi connectivity index (χ0) is 13.4. The Morgan fingerprint density at radius 3 is 2.84 bits per heavy atom. The molecule has 9 heteroatoms. The minimum Gasteiger partial charge on any atom is -0.378 e. The average molecular weight is 257 g/mol. The molecule has 9 nitrogen and oxygen atoms in total. The molecule has 0 aliphatic heterocycles. The number of benzene rings is 1. The number of aromatic nitrogens is 5. The summed E-state index contributed by atoms with van der Waals surface area (Å²) in [6.45, 7) is 0. The molecule has 0 spiro atoms. The molecule has 0 aliphatic carbocycles. The lowest BCUT2D eigenvalue weighted by Gasteiger charge is -2.03. The van der Waals surface area contributed by atoms with E-state index in [1.165, 1.54) is 4.68 Å². The van der Waals surface area contributed by atoms with Crippen LogP contribution < -0.4 is 5.73 Å². The lowest BCUT2D eigenvalue weighted by atomic mass is 10.3. The highest BCUT2D eigenvalue weighted by Crippen LogP contribution is 2.26. The van der Waals surface area contributed by atoms with E-state index in [9.17, 15) is 10.1 Å². The average Bonchev–Trinajstić information content (AvgIpc) is 2.81. The minimum atomic E-state index is -0.638. The predicted octanol–water partition coefficient (Wildman–Crippen LogP) is 0.701. The molecule has 3 aromatic rings. The molecule has 19 heavy (non-hydrogen) atoms. The highest BCUT2D eigenvalue weighted by molar-refractivity contribution is 5.77. The van der Waals surface area contributed by atoms with Gasteiger partial charge in [0.1, 0.15) is 11.8 Å². The van der Waals surface area contributed by atoms with Crippen molar-refractivity contribution in [2.45, 2.75) is 0 Å². The molecule has 0 saturated heterocycles. The normalized spacial score (nSPS) is 10.7. The first-order valence-electron chi connectivity index (χ1n) is 5.24. The molecule has 94 valence electrons. The van der Waals surface area contributed by atoms with Gasteiger partial charge in [-0.15, -0.1) is 5.10 Å². The largest absolute Gasteiger partial charge is 0.378 e. The van der Waals surface area contributed by atoms with Gasteiger partial charge in [0.05, 0.1) is 10.4 Å². The van der Waals surface area contributed by atoms with E-state index in [1.54, 1.807) is 24.3 Å². The van der Waals surface area contributed by atoms with Crippen LogP contribution >= 0.6 is 0 Å². The first-order chi connectivity index (χ1) is 9.18. The maximum Gasteiger partial charge on any atom is 0.355 e. The van der Waals surface area contributed by atoms with Crippen LogP contribution in [-0.4, -0.2) is 29.9 Å². The van der Waals surface area contributed by atoms with Crippen LogP contribution in [0.2, 0.25) is 0 Å². The van der Waals surface area contributed by atoms with Crippen LogP contribution in [0, 0.1) is 10.1 Å². The fraction of sp³-hybridized carbons (Fsp3) is 0. The summed E-state index contributed by atoms with van der Waals surface area (Å²) in [6, 6.07) is 7.05. The molecule has 0 fully saturated rings. The molecule has 0 amide bonds. The number of nitrogens with zero attached hydrogens (tertiary/aromatic N) is 6. The molecule has 2 heterocycles. The van der Waals surface area contributed by atoms with E-state index in [4.69, 9.17) is 5.73 Å². The number of anilines is 1. The highest BCUT2D eigenvalue weighted by Gasteiger charge is 2.24. The number of hydrogen-bond donors (Lipinski definition) is 1. The number of nitrogen functional groups attached to an aromatic ring is 1. The molecule has 3 rings (SSSR count). The molecule has 0 unspecified atom stereocenters. The van der Waals surface area contributed by atoms with Crippen molar-refractivity contribution in [1.29, 1.82) is 0 Å². The van der Waals surface area contributed by atoms with Crippen LogP contribution in [0.15, 0.2) is 30.6 Å². The summed E-state index contributed by atoms with van der Waals surface area (Å²) < 4.78 is 1.27. The van der Waals surface area contributed by atoms with Crippen LogP contribution in [-0.2, 0) is 0 Å². The molecule has 0 aliphatic rings. The second-order valence-electron chi connectivity index (χ2n) is 3.68. The Morgan fingerprint density at radius 1 is 1.26 bits per heavy atom. The third kappa shape index (κ3) is 1.64. The van der Waals surface area contributed by atoms with Crippen LogP contribution in [0.5, 0.6) is 0 Å². The first kappa shape index (κ1) is 11.0. The Morgan fingerprint density at radius 2 is 2.05 bits per heavy atom. The van der Waals surface area contributed by atoms with Gasteiger partial charge in [-0.05, 0) is 12.1 Å². The van der Waals surface area contributed by atoms with Crippen molar-refractivity contribution in [2.75, 3.05) is 5.73 Å². The van der Waals surface area contributed by atoms with Crippen molar-refractivity contribution in [3.05, 3.63) is 40.7 Å². The number of nitrogens with two attached hydrogens (primary N) is 1. The van der Waals surface area contributed by atoms with Gasteiger partial charge >= 0.3 is 5.69 Å². The molecular weight excluding hydrogens is 250 g/mol. The van der Waals surface area contributed by atoms with E-state index in [1.807, 2.05) is 0 Å². The Kier molecular flexibility index (Phi) is 2.31. The quantitative estimate of drug-likeness (QED) is 0.528. The Hall–Kier alpha value is -3.10. The monoisotopic (exact) mass is 257 g/mol. The van der Waals surface area contributed by atoms with E-state index in [0.29, 0.717) is 11.0 Å². The van der Waals surface area contributed by atoms with E-state index in [-0.39, 0.29) is 11.6 Å². The van der Waals surface area contributed by atoms with Gasteiger partial charge in [0.2, 0.25) is 11.6 Å². The van der Waals surface area contributed by atoms with E-state index in [0.717, 1.165) is 6.33 Å². The maximum atomic E-state index is 11.1. The summed E-state index contributed by atoms with van der Waals surface area (Å²) in [5.41, 5.74) is 6.33. The number of nitro groups is 1. The summed E-state index contributed by atoms with van der Waals surface area (Å²) in [5, 5.41) is 18.8. The highest BCUT2D eigenvalue weighted by atomic mass is 16.6. The van der Waals surface area contributed by atoms with E-state index >= 15 is 0 Å².